The Hall–Kier alpha value is -2.87. The number of hydrazone groups is 1. The van der Waals surface area contributed by atoms with Crippen LogP contribution in [0.2, 0.25) is 0 Å². The Morgan fingerprint density at radius 2 is 1.32 bits per heavy atom. The minimum absolute atomic E-state index is 0.933. The molecular formula is C20H18N2. The van der Waals surface area contributed by atoms with E-state index >= 15 is 0 Å². The largest absolute Gasteiger partial charge is 0.278 e. The third kappa shape index (κ3) is 3.41. The molecular weight excluding hydrogens is 268 g/mol. The van der Waals surface area contributed by atoms with Gasteiger partial charge in [-0.05, 0) is 24.6 Å². The quantitative estimate of drug-likeness (QED) is 0.537. The Morgan fingerprint density at radius 1 is 0.727 bits per heavy atom. The fraction of sp³-hybridized carbons (Fsp3) is 0.0500. The number of nitrogens with zero attached hydrogens (tertiary/aromatic N) is 1. The summed E-state index contributed by atoms with van der Waals surface area (Å²) in [6, 6.07) is 28.6. The zero-order valence-corrected chi connectivity index (χ0v) is 12.5. The molecule has 0 unspecified atom stereocenters. The maximum absolute atomic E-state index is 4.64. The Morgan fingerprint density at radius 3 is 1.86 bits per heavy atom. The van der Waals surface area contributed by atoms with E-state index in [1.165, 1.54) is 5.56 Å². The highest BCUT2D eigenvalue weighted by atomic mass is 15.3. The third-order valence-electron chi connectivity index (χ3n) is 3.41. The summed E-state index contributed by atoms with van der Waals surface area (Å²) in [6.07, 6.45) is 0. The average Bonchev–Trinajstić information content (AvgIpc) is 2.57. The molecule has 0 saturated heterocycles. The number of aryl methyl sites for hydroxylation is 1. The molecule has 2 heteroatoms. The second kappa shape index (κ2) is 6.72. The molecule has 0 atom stereocenters. The molecule has 3 aromatic rings. The maximum atomic E-state index is 4.64. The van der Waals surface area contributed by atoms with Crippen LogP contribution in [-0.4, -0.2) is 5.71 Å². The van der Waals surface area contributed by atoms with Crippen molar-refractivity contribution in [3.8, 4) is 0 Å². The summed E-state index contributed by atoms with van der Waals surface area (Å²) in [5.41, 5.74) is 8.49. The smallest absolute Gasteiger partial charge is 0.0977 e. The van der Waals surface area contributed by atoms with Gasteiger partial charge in [-0.25, -0.2) is 0 Å². The highest BCUT2D eigenvalue weighted by Gasteiger charge is 2.06. The lowest BCUT2D eigenvalue weighted by Gasteiger charge is -2.09. The second-order valence-electron chi connectivity index (χ2n) is 5.17. The summed E-state index contributed by atoms with van der Waals surface area (Å²) in [7, 11) is 0. The number of hydrogen-bond acceptors (Lipinski definition) is 2. The first-order chi connectivity index (χ1) is 10.8. The van der Waals surface area contributed by atoms with Gasteiger partial charge in [0.25, 0.3) is 0 Å². The van der Waals surface area contributed by atoms with Gasteiger partial charge in [0.1, 0.15) is 0 Å². The van der Waals surface area contributed by atoms with E-state index in [9.17, 15) is 0 Å². The zero-order chi connectivity index (χ0) is 15.2. The van der Waals surface area contributed by atoms with Gasteiger partial charge in [-0.15, -0.1) is 0 Å². The highest BCUT2D eigenvalue weighted by Crippen LogP contribution is 2.13. The first-order valence-corrected chi connectivity index (χ1v) is 7.34. The number of anilines is 1. The van der Waals surface area contributed by atoms with Crippen molar-refractivity contribution in [2.75, 3.05) is 5.43 Å². The van der Waals surface area contributed by atoms with Gasteiger partial charge in [-0.1, -0.05) is 72.8 Å². The van der Waals surface area contributed by atoms with E-state index in [1.807, 2.05) is 48.5 Å². The van der Waals surface area contributed by atoms with Crippen LogP contribution in [0.1, 0.15) is 16.7 Å². The average molecular weight is 286 g/mol. The number of hydrogen-bond donors (Lipinski definition) is 1. The van der Waals surface area contributed by atoms with E-state index in [2.05, 4.69) is 53.8 Å². The molecule has 0 amide bonds. The molecule has 2 nitrogen and oxygen atoms in total. The van der Waals surface area contributed by atoms with Gasteiger partial charge in [-0.3, -0.25) is 5.43 Å². The fourth-order valence-electron chi connectivity index (χ4n) is 2.32. The summed E-state index contributed by atoms with van der Waals surface area (Å²) in [4.78, 5) is 0. The molecule has 0 spiro atoms. The van der Waals surface area contributed by atoms with Crippen molar-refractivity contribution in [2.45, 2.75) is 6.92 Å². The topological polar surface area (TPSA) is 24.4 Å². The molecule has 1 N–H and O–H groups in total. The molecule has 3 aromatic carbocycles. The molecule has 108 valence electrons. The van der Waals surface area contributed by atoms with Gasteiger partial charge in [0, 0.05) is 11.1 Å². The number of rotatable bonds is 4. The van der Waals surface area contributed by atoms with Crippen LogP contribution < -0.4 is 5.43 Å². The fourth-order valence-corrected chi connectivity index (χ4v) is 2.32. The Bertz CT molecular complexity index is 720. The highest BCUT2D eigenvalue weighted by molar-refractivity contribution is 6.13. The molecule has 0 aliphatic heterocycles. The monoisotopic (exact) mass is 286 g/mol. The van der Waals surface area contributed by atoms with E-state index in [0.717, 1.165) is 22.5 Å². The minimum Gasteiger partial charge on any atom is -0.278 e. The van der Waals surface area contributed by atoms with Crippen LogP contribution in [0.25, 0.3) is 0 Å². The molecule has 0 saturated carbocycles. The van der Waals surface area contributed by atoms with Crippen molar-refractivity contribution in [1.29, 1.82) is 0 Å². The van der Waals surface area contributed by atoms with Crippen molar-refractivity contribution >= 4 is 11.4 Å². The van der Waals surface area contributed by atoms with E-state index in [0.29, 0.717) is 0 Å². The lowest BCUT2D eigenvalue weighted by atomic mass is 10.0. The van der Waals surface area contributed by atoms with Crippen LogP contribution in [0.3, 0.4) is 0 Å². The Balaban J connectivity index is 1.97. The summed E-state index contributed by atoms with van der Waals surface area (Å²) < 4.78 is 0. The maximum Gasteiger partial charge on any atom is 0.0977 e. The van der Waals surface area contributed by atoms with Crippen LogP contribution >= 0.6 is 0 Å². The van der Waals surface area contributed by atoms with Crippen molar-refractivity contribution < 1.29 is 0 Å². The van der Waals surface area contributed by atoms with Crippen molar-refractivity contribution in [3.63, 3.8) is 0 Å². The lowest BCUT2D eigenvalue weighted by Crippen LogP contribution is -2.06. The van der Waals surface area contributed by atoms with Crippen molar-refractivity contribution in [2.24, 2.45) is 5.10 Å². The van der Waals surface area contributed by atoms with Crippen LogP contribution in [0.5, 0.6) is 0 Å². The SMILES string of the molecule is Cc1cccc(NN=C(c2ccccc2)c2ccccc2)c1. The normalized spacial score (nSPS) is 10.0. The van der Waals surface area contributed by atoms with Gasteiger partial charge >= 0.3 is 0 Å². The molecule has 0 aliphatic carbocycles. The summed E-state index contributed by atoms with van der Waals surface area (Å²) in [6.45, 7) is 2.07. The molecule has 0 radical (unpaired) electrons. The lowest BCUT2D eigenvalue weighted by molar-refractivity contribution is 1.31. The van der Waals surface area contributed by atoms with Gasteiger partial charge in [0.15, 0.2) is 0 Å². The van der Waals surface area contributed by atoms with Gasteiger partial charge in [0.05, 0.1) is 11.4 Å². The molecule has 22 heavy (non-hydrogen) atoms. The van der Waals surface area contributed by atoms with Crippen LogP contribution in [0.15, 0.2) is 90.0 Å². The number of benzene rings is 3. The summed E-state index contributed by atoms with van der Waals surface area (Å²) >= 11 is 0. The Kier molecular flexibility index (Phi) is 4.30. The summed E-state index contributed by atoms with van der Waals surface area (Å²) in [5, 5.41) is 4.64. The molecule has 3 rings (SSSR count). The van der Waals surface area contributed by atoms with E-state index in [4.69, 9.17) is 0 Å². The van der Waals surface area contributed by atoms with Crippen LogP contribution in [-0.2, 0) is 0 Å². The molecule has 0 bridgehead atoms. The van der Waals surface area contributed by atoms with Gasteiger partial charge in [-0.2, -0.15) is 5.10 Å². The van der Waals surface area contributed by atoms with Crippen molar-refractivity contribution in [1.82, 2.24) is 0 Å². The van der Waals surface area contributed by atoms with Gasteiger partial charge in [0.2, 0.25) is 0 Å². The van der Waals surface area contributed by atoms with E-state index in [-0.39, 0.29) is 0 Å². The van der Waals surface area contributed by atoms with Crippen molar-refractivity contribution in [3.05, 3.63) is 102 Å². The molecule has 0 fully saturated rings. The molecule has 0 heterocycles. The van der Waals surface area contributed by atoms with Gasteiger partial charge < -0.3 is 0 Å². The predicted molar refractivity (Wildman–Crippen MR) is 93.3 cm³/mol. The Labute approximate surface area is 131 Å². The second-order valence-corrected chi connectivity index (χ2v) is 5.17. The first-order valence-electron chi connectivity index (χ1n) is 7.34. The minimum atomic E-state index is 0.933. The standard InChI is InChI=1S/C20H18N2/c1-16-9-8-14-19(15-16)21-22-20(17-10-4-2-5-11-17)18-12-6-3-7-13-18/h2-15,21H,1H3. The first kappa shape index (κ1) is 14.1. The summed E-state index contributed by atoms with van der Waals surface area (Å²) in [5.74, 6) is 0. The molecule has 0 aliphatic rings. The van der Waals surface area contributed by atoms with E-state index in [1.54, 1.807) is 0 Å². The number of nitrogens with one attached hydrogen (secondary N) is 1. The van der Waals surface area contributed by atoms with Crippen LogP contribution in [0, 0.1) is 6.92 Å². The van der Waals surface area contributed by atoms with Crippen LogP contribution in [0.4, 0.5) is 5.69 Å². The zero-order valence-electron chi connectivity index (χ0n) is 12.5. The van der Waals surface area contributed by atoms with E-state index < -0.39 is 0 Å². The third-order valence-corrected chi connectivity index (χ3v) is 3.41. The predicted octanol–water partition coefficient (Wildman–Crippen LogP) is 4.86. The molecule has 0 aromatic heterocycles.